The van der Waals surface area contributed by atoms with Crippen LogP contribution in [0.25, 0.3) is 0 Å². The van der Waals surface area contributed by atoms with Crippen molar-refractivity contribution in [1.82, 2.24) is 10.2 Å². The Labute approximate surface area is 195 Å². The molecule has 4 atom stereocenters. The third kappa shape index (κ3) is 3.32. The lowest BCUT2D eigenvalue weighted by atomic mass is 9.76. The fourth-order valence-electron chi connectivity index (χ4n) is 5.49. The molecule has 8 nitrogen and oxygen atoms in total. The van der Waals surface area contributed by atoms with Gasteiger partial charge >= 0.3 is 0 Å². The molecule has 3 heterocycles. The van der Waals surface area contributed by atoms with E-state index in [0.29, 0.717) is 22.7 Å². The number of rotatable bonds is 6. The Hall–Kier alpha value is -3.23. The van der Waals surface area contributed by atoms with E-state index in [4.69, 9.17) is 17.3 Å². The quantitative estimate of drug-likeness (QED) is 0.558. The van der Waals surface area contributed by atoms with Crippen molar-refractivity contribution in [3.05, 3.63) is 64.7 Å². The second-order valence-electron chi connectivity index (χ2n) is 8.78. The fourth-order valence-corrected chi connectivity index (χ4v) is 5.66. The van der Waals surface area contributed by atoms with Gasteiger partial charge < -0.3 is 11.1 Å². The molecular formula is C24H23ClN4O4. The van der Waals surface area contributed by atoms with Crippen LogP contribution in [0.2, 0.25) is 5.02 Å². The second-order valence-corrected chi connectivity index (χ2v) is 9.21. The molecule has 9 heteroatoms. The van der Waals surface area contributed by atoms with Gasteiger partial charge in [-0.15, -0.1) is 0 Å². The fraction of sp³-hybridized carbons (Fsp3) is 0.333. The number of fused-ring (bicyclic) bond motifs is 4. The number of carbonyl (C=O) groups excluding carboxylic acids is 4. The zero-order valence-corrected chi connectivity index (χ0v) is 18.5. The summed E-state index contributed by atoms with van der Waals surface area (Å²) in [5, 5.41) is 6.51. The van der Waals surface area contributed by atoms with E-state index in [9.17, 15) is 19.2 Å². The average molecular weight is 467 g/mol. The molecule has 3 aliphatic heterocycles. The standard InChI is InChI=1S/C24H23ClN4O4/c25-14-6-7-16-15(12-14)24(23(33)27-16)20-19(17(28-24)8-9-18(26)30)21(31)29(22(20)32)11-10-13-4-2-1-3-5-13/h1-7,12,17,19-20,28H,8-11H2,(H2,26,30)(H,27,33)/t17-,19+,20+,24+/m1/s1. The van der Waals surface area contributed by atoms with Gasteiger partial charge in [0.1, 0.15) is 5.54 Å². The van der Waals surface area contributed by atoms with Crippen LogP contribution in [0.3, 0.4) is 0 Å². The number of likely N-dealkylation sites (tertiary alicyclic amines) is 1. The topological polar surface area (TPSA) is 122 Å². The zero-order chi connectivity index (χ0) is 23.3. The van der Waals surface area contributed by atoms with Gasteiger partial charge in [-0.25, -0.2) is 0 Å². The van der Waals surface area contributed by atoms with Crippen molar-refractivity contribution in [3.8, 4) is 0 Å². The highest BCUT2D eigenvalue weighted by Gasteiger charge is 2.70. The van der Waals surface area contributed by atoms with Crippen molar-refractivity contribution >= 4 is 40.9 Å². The summed E-state index contributed by atoms with van der Waals surface area (Å²) < 4.78 is 0. The monoisotopic (exact) mass is 466 g/mol. The number of hydrogen-bond acceptors (Lipinski definition) is 5. The first-order chi connectivity index (χ1) is 15.8. The molecule has 0 radical (unpaired) electrons. The minimum Gasteiger partial charge on any atom is -0.370 e. The summed E-state index contributed by atoms with van der Waals surface area (Å²) in [5.41, 5.74) is 6.02. The van der Waals surface area contributed by atoms with Gasteiger partial charge in [-0.2, -0.15) is 0 Å². The Balaban J connectivity index is 1.53. The lowest BCUT2D eigenvalue weighted by molar-refractivity contribution is -0.142. The molecule has 3 aliphatic rings. The molecule has 33 heavy (non-hydrogen) atoms. The molecule has 0 aliphatic carbocycles. The maximum atomic E-state index is 13.7. The van der Waals surface area contributed by atoms with Gasteiger partial charge in [0, 0.05) is 35.3 Å². The molecule has 2 aromatic rings. The number of amides is 4. The molecule has 4 amide bonds. The third-order valence-corrected chi connectivity index (χ3v) is 7.17. The van der Waals surface area contributed by atoms with Crippen LogP contribution in [-0.4, -0.2) is 41.1 Å². The predicted octanol–water partition coefficient (Wildman–Crippen LogP) is 1.57. The average Bonchev–Trinajstić information content (AvgIpc) is 3.37. The van der Waals surface area contributed by atoms with E-state index in [1.165, 1.54) is 4.90 Å². The van der Waals surface area contributed by atoms with Crippen LogP contribution in [0.5, 0.6) is 0 Å². The highest BCUT2D eigenvalue weighted by atomic mass is 35.5. The lowest BCUT2D eigenvalue weighted by Gasteiger charge is -2.29. The highest BCUT2D eigenvalue weighted by molar-refractivity contribution is 6.31. The summed E-state index contributed by atoms with van der Waals surface area (Å²) in [6, 6.07) is 14.0. The Kier molecular flexibility index (Phi) is 5.22. The van der Waals surface area contributed by atoms with Crippen LogP contribution in [0.1, 0.15) is 24.0 Å². The maximum Gasteiger partial charge on any atom is 0.250 e. The van der Waals surface area contributed by atoms with Crippen LogP contribution >= 0.6 is 11.6 Å². The van der Waals surface area contributed by atoms with E-state index < -0.39 is 41.1 Å². The molecule has 0 saturated carbocycles. The van der Waals surface area contributed by atoms with Crippen molar-refractivity contribution < 1.29 is 19.2 Å². The van der Waals surface area contributed by atoms with E-state index in [1.54, 1.807) is 18.2 Å². The third-order valence-electron chi connectivity index (χ3n) is 6.94. The Morgan fingerprint density at radius 3 is 2.58 bits per heavy atom. The molecule has 2 fully saturated rings. The summed E-state index contributed by atoms with van der Waals surface area (Å²) in [4.78, 5) is 53.2. The number of nitrogens with one attached hydrogen (secondary N) is 2. The molecule has 170 valence electrons. The van der Waals surface area contributed by atoms with Crippen LogP contribution < -0.4 is 16.4 Å². The molecular weight excluding hydrogens is 444 g/mol. The van der Waals surface area contributed by atoms with Crippen LogP contribution in [0, 0.1) is 11.8 Å². The number of imide groups is 1. The van der Waals surface area contributed by atoms with Gasteiger partial charge in [-0.3, -0.25) is 29.4 Å². The van der Waals surface area contributed by atoms with Gasteiger partial charge in [0.25, 0.3) is 0 Å². The number of carbonyl (C=O) groups is 4. The van der Waals surface area contributed by atoms with E-state index in [-0.39, 0.29) is 25.3 Å². The smallest absolute Gasteiger partial charge is 0.250 e. The highest BCUT2D eigenvalue weighted by Crippen LogP contribution is 2.53. The van der Waals surface area contributed by atoms with E-state index in [2.05, 4.69) is 10.6 Å². The zero-order valence-electron chi connectivity index (χ0n) is 17.7. The SMILES string of the molecule is NC(=O)CC[C@H]1N[C@]2(C(=O)Nc3ccc(Cl)cc32)[C@@H]2C(=O)N(CCc3ccccc3)C(=O)[C@H]21. The van der Waals surface area contributed by atoms with Gasteiger partial charge in [0.15, 0.2) is 0 Å². The molecule has 2 saturated heterocycles. The van der Waals surface area contributed by atoms with Gasteiger partial charge in [-0.05, 0) is 36.6 Å². The van der Waals surface area contributed by atoms with E-state index in [0.717, 1.165) is 5.56 Å². The van der Waals surface area contributed by atoms with E-state index >= 15 is 0 Å². The van der Waals surface area contributed by atoms with E-state index in [1.807, 2.05) is 30.3 Å². The largest absolute Gasteiger partial charge is 0.370 e. The number of nitrogens with two attached hydrogens (primary N) is 1. The summed E-state index contributed by atoms with van der Waals surface area (Å²) in [7, 11) is 0. The first kappa shape index (κ1) is 21.6. The number of nitrogens with zero attached hydrogens (tertiary/aromatic N) is 1. The predicted molar refractivity (Wildman–Crippen MR) is 121 cm³/mol. The van der Waals surface area contributed by atoms with Gasteiger partial charge in [0.2, 0.25) is 23.6 Å². The molecule has 0 unspecified atom stereocenters. The molecule has 5 rings (SSSR count). The normalized spacial score (nSPS) is 27.7. The van der Waals surface area contributed by atoms with Crippen molar-refractivity contribution in [3.63, 3.8) is 0 Å². The minimum absolute atomic E-state index is 0.0342. The van der Waals surface area contributed by atoms with Crippen molar-refractivity contribution in [2.75, 3.05) is 11.9 Å². The van der Waals surface area contributed by atoms with Gasteiger partial charge in [0.05, 0.1) is 11.8 Å². The summed E-state index contributed by atoms with van der Waals surface area (Å²) in [5.74, 6) is -3.34. The molecule has 2 aromatic carbocycles. The summed E-state index contributed by atoms with van der Waals surface area (Å²) in [6.45, 7) is 0.220. The molecule has 1 spiro atoms. The molecule has 4 N–H and O–H groups in total. The number of hydrogen-bond donors (Lipinski definition) is 3. The van der Waals surface area contributed by atoms with Crippen molar-refractivity contribution in [1.29, 1.82) is 0 Å². The van der Waals surface area contributed by atoms with Crippen molar-refractivity contribution in [2.24, 2.45) is 17.6 Å². The second kappa shape index (κ2) is 7.97. The summed E-state index contributed by atoms with van der Waals surface area (Å²) >= 11 is 6.24. The first-order valence-electron chi connectivity index (χ1n) is 10.9. The maximum absolute atomic E-state index is 13.7. The molecule has 0 bridgehead atoms. The minimum atomic E-state index is -1.43. The van der Waals surface area contributed by atoms with Crippen LogP contribution in [0.15, 0.2) is 48.5 Å². The Morgan fingerprint density at radius 2 is 1.85 bits per heavy atom. The first-order valence-corrected chi connectivity index (χ1v) is 11.3. The van der Waals surface area contributed by atoms with Crippen LogP contribution in [-0.2, 0) is 31.1 Å². The van der Waals surface area contributed by atoms with Crippen molar-refractivity contribution in [2.45, 2.75) is 30.8 Å². The number of halogens is 1. The Bertz CT molecular complexity index is 1170. The molecule has 0 aromatic heterocycles. The van der Waals surface area contributed by atoms with Crippen LogP contribution in [0.4, 0.5) is 5.69 Å². The number of primary amides is 1. The number of benzene rings is 2. The Morgan fingerprint density at radius 1 is 1.09 bits per heavy atom. The summed E-state index contributed by atoms with van der Waals surface area (Å²) in [6.07, 6.45) is 0.790. The van der Waals surface area contributed by atoms with Gasteiger partial charge in [-0.1, -0.05) is 41.9 Å². The lowest BCUT2D eigenvalue weighted by Crippen LogP contribution is -2.53. The number of anilines is 1.